The van der Waals surface area contributed by atoms with Gasteiger partial charge in [0, 0.05) is 29.9 Å². The van der Waals surface area contributed by atoms with Crippen LogP contribution in [-0.4, -0.2) is 38.8 Å². The molecule has 2 aromatic heterocycles. The minimum Gasteiger partial charge on any atom is -0.487 e. The van der Waals surface area contributed by atoms with Crippen molar-refractivity contribution in [1.29, 1.82) is 0 Å². The second-order valence-corrected chi connectivity index (χ2v) is 8.00. The third-order valence-electron chi connectivity index (χ3n) is 4.49. The van der Waals surface area contributed by atoms with Gasteiger partial charge in [-0.15, -0.1) is 0 Å². The Bertz CT molecular complexity index is 1270. The van der Waals surface area contributed by atoms with E-state index in [4.69, 9.17) is 14.6 Å². The Morgan fingerprint density at radius 1 is 1.17 bits per heavy atom. The molecule has 0 atom stereocenters. The van der Waals surface area contributed by atoms with E-state index in [1.807, 2.05) is 7.05 Å². The molecule has 2 heterocycles. The van der Waals surface area contributed by atoms with Gasteiger partial charge in [-0.3, -0.25) is 14.8 Å². The van der Waals surface area contributed by atoms with Crippen LogP contribution in [0.3, 0.4) is 0 Å². The Kier molecular flexibility index (Phi) is 10.0. The van der Waals surface area contributed by atoms with Crippen molar-refractivity contribution in [2.75, 3.05) is 7.05 Å². The molecule has 3 rings (SSSR count). The first-order valence-electron chi connectivity index (χ1n) is 10.0. The van der Waals surface area contributed by atoms with Gasteiger partial charge in [0.05, 0.1) is 30.3 Å². The van der Waals surface area contributed by atoms with Crippen LogP contribution >= 0.6 is 15.9 Å². The second kappa shape index (κ2) is 12.5. The number of nitrogens with zero attached hydrogens (tertiary/aromatic N) is 3. The number of aryl methyl sites for hydroxylation is 1. The number of aromatic nitrogens is 3. The number of carboxylic acids is 1. The molecule has 14 heteroatoms. The van der Waals surface area contributed by atoms with Gasteiger partial charge in [0.1, 0.15) is 28.5 Å². The van der Waals surface area contributed by atoms with E-state index < -0.39 is 23.8 Å². The second-order valence-electron chi connectivity index (χ2n) is 7.21. The normalized spacial score (nSPS) is 11.0. The highest BCUT2D eigenvalue weighted by Crippen LogP contribution is 2.24. The van der Waals surface area contributed by atoms with Crippen LogP contribution in [-0.2, 0) is 24.5 Å². The van der Waals surface area contributed by atoms with Crippen molar-refractivity contribution in [3.8, 4) is 5.75 Å². The zero-order valence-corrected chi connectivity index (χ0v) is 20.5. The lowest BCUT2D eigenvalue weighted by molar-refractivity contribution is -0.192. The maximum atomic E-state index is 13.8. The molecule has 0 fully saturated rings. The van der Waals surface area contributed by atoms with E-state index in [9.17, 15) is 26.7 Å². The Balaban J connectivity index is 0.000000572. The number of halogens is 6. The summed E-state index contributed by atoms with van der Waals surface area (Å²) in [7, 11) is 1.82. The summed E-state index contributed by atoms with van der Waals surface area (Å²) < 4.78 is 65.9. The molecule has 3 aromatic rings. The number of benzene rings is 1. The lowest BCUT2D eigenvalue weighted by atomic mass is 10.2. The summed E-state index contributed by atoms with van der Waals surface area (Å²) in [4.78, 5) is 30.3. The molecular weight excluding hydrogens is 559 g/mol. The monoisotopic (exact) mass is 578 g/mol. The number of nitrogens with one attached hydrogen (secondary N) is 1. The smallest absolute Gasteiger partial charge is 0.487 e. The van der Waals surface area contributed by atoms with Gasteiger partial charge in [0.25, 0.3) is 5.56 Å². The molecule has 0 aliphatic rings. The van der Waals surface area contributed by atoms with E-state index in [-0.39, 0.29) is 34.5 Å². The number of ether oxygens (including phenoxy) is 1. The molecule has 1 aromatic carbocycles. The minimum atomic E-state index is -5.08. The topological polar surface area (TPSA) is 106 Å². The fraction of sp³-hybridized carbons (Fsp3) is 0.273. The standard InChI is InChI=1S/C20H19BrF2N4O2.C2HF3O2/c1-12-5-18(29-11-13-3-4-14(22)6-17(13)23)19(21)20(28)27(12)10-16-9-25-15(7-24-2)8-26-16;3-2(4,5)1(6)7/h3-6,8-9,24H,7,10-11H2,1-2H3;(H,6,7). The third-order valence-corrected chi connectivity index (χ3v) is 5.22. The highest BCUT2D eigenvalue weighted by atomic mass is 79.9. The zero-order valence-electron chi connectivity index (χ0n) is 18.9. The lowest BCUT2D eigenvalue weighted by Crippen LogP contribution is -2.24. The summed E-state index contributed by atoms with van der Waals surface area (Å²) in [6.07, 6.45) is -1.79. The Labute approximate surface area is 209 Å². The zero-order chi connectivity index (χ0) is 27.0. The Morgan fingerprint density at radius 2 is 1.78 bits per heavy atom. The summed E-state index contributed by atoms with van der Waals surface area (Å²) in [5.74, 6) is -3.84. The molecule has 0 saturated carbocycles. The van der Waals surface area contributed by atoms with Gasteiger partial charge in [-0.05, 0) is 42.0 Å². The molecule has 0 radical (unpaired) electrons. The average molecular weight is 579 g/mol. The summed E-state index contributed by atoms with van der Waals surface area (Å²) in [5, 5.41) is 10.1. The predicted molar refractivity (Wildman–Crippen MR) is 121 cm³/mol. The highest BCUT2D eigenvalue weighted by Gasteiger charge is 2.38. The van der Waals surface area contributed by atoms with Gasteiger partial charge in [-0.1, -0.05) is 0 Å². The molecule has 2 N–H and O–H groups in total. The molecule has 36 heavy (non-hydrogen) atoms. The average Bonchev–Trinajstić information content (AvgIpc) is 2.80. The summed E-state index contributed by atoms with van der Waals surface area (Å²) in [5.41, 5.74) is 1.98. The molecule has 0 bridgehead atoms. The minimum absolute atomic E-state index is 0.133. The van der Waals surface area contributed by atoms with E-state index in [1.165, 1.54) is 10.6 Å². The summed E-state index contributed by atoms with van der Waals surface area (Å²) in [6, 6.07) is 4.93. The van der Waals surface area contributed by atoms with Crippen molar-refractivity contribution in [2.45, 2.75) is 32.8 Å². The first kappa shape index (κ1) is 28.8. The van der Waals surface area contributed by atoms with Crippen molar-refractivity contribution < 1.29 is 36.6 Å². The molecule has 0 aliphatic carbocycles. The van der Waals surface area contributed by atoms with Crippen molar-refractivity contribution in [3.63, 3.8) is 0 Å². The van der Waals surface area contributed by atoms with Gasteiger partial charge in [0.15, 0.2) is 0 Å². The Morgan fingerprint density at radius 3 is 2.31 bits per heavy atom. The number of carbonyl (C=O) groups is 1. The molecule has 0 spiro atoms. The fourth-order valence-electron chi connectivity index (χ4n) is 2.71. The number of aliphatic carboxylic acids is 1. The van der Waals surface area contributed by atoms with E-state index >= 15 is 0 Å². The van der Waals surface area contributed by atoms with Gasteiger partial charge in [-0.2, -0.15) is 13.2 Å². The van der Waals surface area contributed by atoms with Gasteiger partial charge in [0.2, 0.25) is 0 Å². The number of hydrogen-bond acceptors (Lipinski definition) is 6. The molecule has 0 saturated heterocycles. The van der Waals surface area contributed by atoms with E-state index in [0.717, 1.165) is 17.8 Å². The van der Waals surface area contributed by atoms with Gasteiger partial charge in [-0.25, -0.2) is 13.6 Å². The number of pyridine rings is 1. The van der Waals surface area contributed by atoms with Crippen molar-refractivity contribution in [1.82, 2.24) is 19.9 Å². The number of rotatable bonds is 7. The molecular formula is C22H20BrF5N4O4. The highest BCUT2D eigenvalue weighted by molar-refractivity contribution is 9.10. The number of hydrogen-bond donors (Lipinski definition) is 2. The Hall–Kier alpha value is -3.39. The molecule has 8 nitrogen and oxygen atoms in total. The third kappa shape index (κ3) is 8.09. The van der Waals surface area contributed by atoms with Crippen LogP contribution in [0.15, 0.2) is 45.9 Å². The lowest BCUT2D eigenvalue weighted by Gasteiger charge is -2.14. The van der Waals surface area contributed by atoms with E-state index in [2.05, 4.69) is 31.2 Å². The van der Waals surface area contributed by atoms with Crippen molar-refractivity contribution >= 4 is 21.9 Å². The van der Waals surface area contributed by atoms with Crippen LogP contribution in [0.2, 0.25) is 0 Å². The van der Waals surface area contributed by atoms with Gasteiger partial charge < -0.3 is 19.7 Å². The summed E-state index contributed by atoms with van der Waals surface area (Å²) >= 11 is 3.26. The first-order chi connectivity index (χ1) is 16.8. The van der Waals surface area contributed by atoms with E-state index in [1.54, 1.807) is 25.4 Å². The van der Waals surface area contributed by atoms with Crippen molar-refractivity contribution in [3.05, 3.63) is 85.8 Å². The predicted octanol–water partition coefficient (Wildman–Crippen LogP) is 3.97. The first-order valence-corrected chi connectivity index (χ1v) is 10.8. The number of alkyl halides is 3. The molecule has 0 amide bonds. The maximum Gasteiger partial charge on any atom is 0.490 e. The van der Waals surface area contributed by atoms with E-state index in [0.29, 0.717) is 17.9 Å². The van der Waals surface area contributed by atoms with Crippen LogP contribution in [0.4, 0.5) is 22.0 Å². The van der Waals surface area contributed by atoms with Gasteiger partial charge >= 0.3 is 12.1 Å². The van der Waals surface area contributed by atoms with Crippen LogP contribution < -0.4 is 15.6 Å². The SMILES string of the molecule is CNCc1cnc(Cn2c(C)cc(OCc3ccc(F)cc3F)c(Br)c2=O)cn1.O=C(O)C(F)(F)F. The van der Waals surface area contributed by atoms with Crippen LogP contribution in [0.5, 0.6) is 5.75 Å². The molecule has 194 valence electrons. The maximum absolute atomic E-state index is 13.8. The van der Waals surface area contributed by atoms with Crippen LogP contribution in [0.1, 0.15) is 22.6 Å². The largest absolute Gasteiger partial charge is 0.490 e. The fourth-order valence-corrected chi connectivity index (χ4v) is 3.15. The van der Waals surface area contributed by atoms with Crippen molar-refractivity contribution in [2.24, 2.45) is 0 Å². The summed E-state index contributed by atoms with van der Waals surface area (Å²) in [6.45, 7) is 2.50. The molecule has 0 unspecified atom stereocenters. The molecule has 0 aliphatic heterocycles. The van der Waals surface area contributed by atoms with Crippen LogP contribution in [0, 0.1) is 18.6 Å². The quantitative estimate of drug-likeness (QED) is 0.409. The number of carboxylic acid groups (broad SMARTS) is 1. The van der Waals surface area contributed by atoms with Crippen LogP contribution in [0.25, 0.3) is 0 Å².